The molecule has 1 atom stereocenters. The van der Waals surface area contributed by atoms with E-state index in [1.54, 1.807) is 0 Å². The highest BCUT2D eigenvalue weighted by Gasteiger charge is 2.29. The molecule has 3 aromatic rings. The summed E-state index contributed by atoms with van der Waals surface area (Å²) in [6.07, 6.45) is 5.41. The summed E-state index contributed by atoms with van der Waals surface area (Å²) in [6.45, 7) is 8.02. The molecule has 0 spiro atoms. The molecule has 4 nitrogen and oxygen atoms in total. The fraction of sp³-hybridized carbons (Fsp3) is 0.444. The smallest absolute Gasteiger partial charge is 0.259 e. The monoisotopic (exact) mass is 418 g/mol. The number of aromatic nitrogens is 1. The van der Waals surface area contributed by atoms with Crippen LogP contribution in [0.3, 0.4) is 0 Å². The zero-order chi connectivity index (χ0) is 21.6. The number of nitrogens with zero attached hydrogens (tertiary/aromatic N) is 1. The van der Waals surface area contributed by atoms with Crippen LogP contribution in [0.4, 0.5) is 0 Å². The first-order chi connectivity index (χ1) is 15.2. The second-order valence-electron chi connectivity index (χ2n) is 8.56. The highest BCUT2D eigenvalue weighted by atomic mass is 16.5. The molecule has 0 amide bonds. The molecule has 164 valence electrons. The average molecular weight is 419 g/mol. The van der Waals surface area contributed by atoms with Gasteiger partial charge < -0.3 is 14.6 Å². The predicted octanol–water partition coefficient (Wildman–Crippen LogP) is 6.27. The number of benzene rings is 2. The number of aryl methyl sites for hydroxylation is 3. The Bertz CT molecular complexity index is 949. The molecule has 1 heterocycles. The van der Waals surface area contributed by atoms with Crippen molar-refractivity contribution >= 4 is 0 Å². The van der Waals surface area contributed by atoms with Gasteiger partial charge in [0, 0.05) is 18.4 Å². The van der Waals surface area contributed by atoms with Gasteiger partial charge >= 0.3 is 0 Å². The van der Waals surface area contributed by atoms with Crippen LogP contribution in [0.25, 0.3) is 0 Å². The Labute approximate surface area is 186 Å². The van der Waals surface area contributed by atoms with E-state index in [0.717, 1.165) is 50.0 Å². The molecule has 0 radical (unpaired) electrons. The summed E-state index contributed by atoms with van der Waals surface area (Å²) in [5.41, 5.74) is 6.75. The molecular formula is C27H34N2O2. The molecule has 1 aliphatic rings. The molecular weight excluding hydrogens is 384 g/mol. The van der Waals surface area contributed by atoms with Gasteiger partial charge in [-0.2, -0.15) is 0 Å². The van der Waals surface area contributed by atoms with E-state index in [1.807, 2.05) is 6.92 Å². The van der Waals surface area contributed by atoms with Crippen molar-refractivity contribution in [2.45, 2.75) is 64.8 Å². The number of hydrogen-bond donors (Lipinski definition) is 1. The number of hydrogen-bond acceptors (Lipinski definition) is 4. The van der Waals surface area contributed by atoms with Gasteiger partial charge in [0.2, 0.25) is 0 Å². The van der Waals surface area contributed by atoms with Gasteiger partial charge in [-0.1, -0.05) is 48.5 Å². The Morgan fingerprint density at radius 3 is 2.39 bits per heavy atom. The van der Waals surface area contributed by atoms with E-state index in [2.05, 4.69) is 72.9 Å². The number of fused-ring (bicyclic) bond motifs is 1. The minimum absolute atomic E-state index is 0.270. The maximum atomic E-state index is 5.72. The Balaban J connectivity index is 1.45. The largest absolute Gasteiger partial charge is 0.476 e. The molecule has 0 saturated heterocycles. The lowest BCUT2D eigenvalue weighted by atomic mass is 9.83. The number of rotatable bonds is 9. The molecule has 2 aromatic carbocycles. The van der Waals surface area contributed by atoms with Crippen molar-refractivity contribution in [1.82, 2.24) is 10.5 Å². The van der Waals surface area contributed by atoms with Crippen LogP contribution in [0.5, 0.6) is 5.88 Å². The van der Waals surface area contributed by atoms with E-state index in [1.165, 1.54) is 22.3 Å². The molecule has 0 fully saturated rings. The first kappa shape index (κ1) is 21.6. The average Bonchev–Trinajstić information content (AvgIpc) is 3.19. The molecule has 1 unspecified atom stereocenters. The Morgan fingerprint density at radius 2 is 1.74 bits per heavy atom. The van der Waals surface area contributed by atoms with Crippen molar-refractivity contribution in [3.8, 4) is 5.88 Å². The van der Waals surface area contributed by atoms with Gasteiger partial charge in [-0.05, 0) is 80.4 Å². The van der Waals surface area contributed by atoms with Gasteiger partial charge in [0.1, 0.15) is 5.76 Å². The van der Waals surface area contributed by atoms with Crippen LogP contribution in [-0.2, 0) is 6.42 Å². The molecule has 1 aliphatic carbocycles. The minimum atomic E-state index is 0.270. The molecule has 1 N–H and O–H groups in total. The van der Waals surface area contributed by atoms with E-state index in [9.17, 15) is 0 Å². The first-order valence-corrected chi connectivity index (χ1v) is 11.6. The van der Waals surface area contributed by atoms with Crippen LogP contribution in [0.2, 0.25) is 0 Å². The highest BCUT2D eigenvalue weighted by molar-refractivity contribution is 5.40. The second kappa shape index (κ2) is 10.1. The Kier molecular flexibility index (Phi) is 7.08. The van der Waals surface area contributed by atoms with Crippen molar-refractivity contribution in [3.63, 3.8) is 0 Å². The maximum absolute atomic E-state index is 5.72. The molecule has 1 aromatic heterocycles. The van der Waals surface area contributed by atoms with E-state index in [4.69, 9.17) is 9.26 Å². The summed E-state index contributed by atoms with van der Waals surface area (Å²) in [5, 5.41) is 7.93. The Morgan fingerprint density at radius 1 is 1.06 bits per heavy atom. The molecule has 4 rings (SSSR count). The van der Waals surface area contributed by atoms with Gasteiger partial charge in [-0.15, -0.1) is 0 Å². The number of ether oxygens (including phenoxy) is 1. The van der Waals surface area contributed by atoms with E-state index in [-0.39, 0.29) is 6.04 Å². The Hall–Kier alpha value is -2.59. The van der Waals surface area contributed by atoms with Gasteiger partial charge in [0.05, 0.1) is 12.2 Å². The van der Waals surface area contributed by atoms with Crippen molar-refractivity contribution in [2.75, 3.05) is 13.2 Å². The van der Waals surface area contributed by atoms with E-state index in [0.29, 0.717) is 18.4 Å². The van der Waals surface area contributed by atoms with Crippen LogP contribution in [0.1, 0.15) is 78.1 Å². The van der Waals surface area contributed by atoms with Gasteiger partial charge in [-0.3, -0.25) is 0 Å². The van der Waals surface area contributed by atoms with Crippen molar-refractivity contribution < 1.29 is 9.26 Å². The van der Waals surface area contributed by atoms with Gasteiger partial charge in [-0.25, -0.2) is 0 Å². The fourth-order valence-electron chi connectivity index (χ4n) is 4.91. The summed E-state index contributed by atoms with van der Waals surface area (Å²) in [5.74, 6) is 2.08. The lowest BCUT2D eigenvalue weighted by Crippen LogP contribution is -2.26. The normalized spacial score (nSPS) is 15.8. The third-order valence-corrected chi connectivity index (χ3v) is 6.48. The van der Waals surface area contributed by atoms with Crippen molar-refractivity contribution in [2.24, 2.45) is 0 Å². The summed E-state index contributed by atoms with van der Waals surface area (Å²) in [7, 11) is 0. The number of nitrogens with one attached hydrogen (secondary N) is 1. The van der Waals surface area contributed by atoms with Gasteiger partial charge in [0.15, 0.2) is 0 Å². The second-order valence-corrected chi connectivity index (χ2v) is 8.56. The third kappa shape index (κ3) is 4.85. The quantitative estimate of drug-likeness (QED) is 0.416. The van der Waals surface area contributed by atoms with Crippen molar-refractivity contribution in [3.05, 3.63) is 82.1 Å². The molecule has 0 saturated carbocycles. The van der Waals surface area contributed by atoms with Crippen molar-refractivity contribution in [1.29, 1.82) is 0 Å². The van der Waals surface area contributed by atoms with Crippen LogP contribution in [-0.4, -0.2) is 18.3 Å². The molecule has 4 heteroatoms. The lowest BCUT2D eigenvalue weighted by Gasteiger charge is -2.25. The summed E-state index contributed by atoms with van der Waals surface area (Å²) < 4.78 is 11.3. The van der Waals surface area contributed by atoms with E-state index >= 15 is 0 Å². The van der Waals surface area contributed by atoms with Crippen LogP contribution in [0, 0.1) is 13.8 Å². The topological polar surface area (TPSA) is 47.3 Å². The summed E-state index contributed by atoms with van der Waals surface area (Å²) >= 11 is 0. The molecule has 0 aliphatic heterocycles. The summed E-state index contributed by atoms with van der Waals surface area (Å²) in [6, 6.07) is 17.9. The molecule has 0 bridgehead atoms. The van der Waals surface area contributed by atoms with E-state index < -0.39 is 0 Å². The minimum Gasteiger partial charge on any atom is -0.476 e. The van der Waals surface area contributed by atoms with Crippen LogP contribution >= 0.6 is 0 Å². The van der Waals surface area contributed by atoms with Gasteiger partial charge in [0.25, 0.3) is 5.88 Å². The maximum Gasteiger partial charge on any atom is 0.259 e. The third-order valence-electron chi connectivity index (χ3n) is 6.48. The lowest BCUT2D eigenvalue weighted by molar-refractivity contribution is 0.289. The SMILES string of the molecule is CCOc1noc2c1C(NCCCC(c1ccccc1C)c1ccccc1C)CCC2. The zero-order valence-electron chi connectivity index (χ0n) is 19.0. The van der Waals surface area contributed by atoms with Crippen LogP contribution in [0.15, 0.2) is 53.1 Å². The predicted molar refractivity (Wildman–Crippen MR) is 125 cm³/mol. The standard InChI is InChI=1S/C27H34N2O2/c1-4-30-27-26-24(16-9-17-25(26)31-29-27)28-18-10-15-23(21-13-7-5-11-19(21)2)22-14-8-6-12-20(22)3/h5-8,11-14,23-24,28H,4,9-10,15-18H2,1-3H3. The fourth-order valence-corrected chi connectivity index (χ4v) is 4.91. The highest BCUT2D eigenvalue weighted by Crippen LogP contribution is 2.37. The summed E-state index contributed by atoms with van der Waals surface area (Å²) in [4.78, 5) is 0. The van der Waals surface area contributed by atoms with Crippen LogP contribution < -0.4 is 10.1 Å². The first-order valence-electron chi connectivity index (χ1n) is 11.6. The zero-order valence-corrected chi connectivity index (χ0v) is 19.0. The molecule has 31 heavy (non-hydrogen) atoms.